The molecule has 0 saturated carbocycles. The number of rotatable bonds is 2. The number of hydrogen-bond donors (Lipinski definition) is 0. The fourth-order valence-corrected chi connectivity index (χ4v) is 1.99. The van der Waals surface area contributed by atoms with Crippen molar-refractivity contribution in [2.75, 3.05) is 7.11 Å². The smallest absolute Gasteiger partial charge is 0.197 e. The van der Waals surface area contributed by atoms with Gasteiger partial charge in [-0.15, -0.1) is 6.07 Å². The SMILES string of the molecule is COc1ccc(-c2[c-]cc(C)c(=O)n2C)c(C)c1.[Y]. The Kier molecular flexibility index (Phi) is 5.51. The van der Waals surface area contributed by atoms with E-state index in [-0.39, 0.29) is 38.3 Å². The number of aromatic nitrogens is 1. The van der Waals surface area contributed by atoms with Gasteiger partial charge in [-0.1, -0.05) is 36.2 Å². The summed E-state index contributed by atoms with van der Waals surface area (Å²) in [7, 11) is 3.41. The van der Waals surface area contributed by atoms with Crippen LogP contribution in [0.3, 0.4) is 0 Å². The third kappa shape index (κ3) is 3.15. The summed E-state index contributed by atoms with van der Waals surface area (Å²) in [5.74, 6) is 0.813. The minimum absolute atomic E-state index is 0. The van der Waals surface area contributed by atoms with E-state index in [4.69, 9.17) is 4.74 Å². The van der Waals surface area contributed by atoms with Crippen LogP contribution in [-0.2, 0) is 39.8 Å². The summed E-state index contributed by atoms with van der Waals surface area (Å²) >= 11 is 0. The summed E-state index contributed by atoms with van der Waals surface area (Å²) in [5, 5.41) is 0. The molecule has 2 aromatic rings. The van der Waals surface area contributed by atoms with E-state index in [0.717, 1.165) is 22.6 Å². The molecule has 97 valence electrons. The van der Waals surface area contributed by atoms with Crippen LogP contribution in [0.1, 0.15) is 11.1 Å². The standard InChI is InChI=1S/C15H16NO2.Y/c1-10-5-8-14(16(3)15(10)17)13-7-6-12(18-4)9-11(13)2;/h5-7,9H,1-4H3;/q-1;. The van der Waals surface area contributed by atoms with Crippen LogP contribution in [0.2, 0.25) is 0 Å². The molecule has 0 bridgehead atoms. The second kappa shape index (κ2) is 6.49. The summed E-state index contributed by atoms with van der Waals surface area (Å²) in [6, 6.07) is 10.7. The number of ether oxygens (including phenoxy) is 1. The Labute approximate surface area is 138 Å². The Balaban J connectivity index is 0.00000180. The van der Waals surface area contributed by atoms with Crippen LogP contribution < -0.4 is 10.3 Å². The molecule has 3 nitrogen and oxygen atoms in total. The predicted octanol–water partition coefficient (Wildman–Crippen LogP) is 2.48. The summed E-state index contributed by atoms with van der Waals surface area (Å²) in [5.41, 5.74) is 3.57. The molecule has 0 N–H and O–H groups in total. The van der Waals surface area contributed by atoms with Gasteiger partial charge in [0.2, 0.25) is 0 Å². The average molecular weight is 331 g/mol. The molecule has 0 unspecified atom stereocenters. The number of aryl methyl sites for hydroxylation is 2. The first kappa shape index (κ1) is 16.1. The van der Waals surface area contributed by atoms with Crippen LogP contribution in [0.15, 0.2) is 29.1 Å². The molecule has 1 heterocycles. The van der Waals surface area contributed by atoms with E-state index in [0.29, 0.717) is 5.56 Å². The molecular formula is C15H16NO2Y-. The minimum Gasteiger partial charge on any atom is -0.497 e. The Bertz CT molecular complexity index is 647. The first-order chi connectivity index (χ1) is 8.54. The van der Waals surface area contributed by atoms with Crippen molar-refractivity contribution in [3.8, 4) is 17.0 Å². The van der Waals surface area contributed by atoms with Gasteiger partial charge in [-0.3, -0.25) is 4.79 Å². The van der Waals surface area contributed by atoms with Crippen LogP contribution >= 0.6 is 0 Å². The van der Waals surface area contributed by atoms with Gasteiger partial charge in [0, 0.05) is 39.8 Å². The van der Waals surface area contributed by atoms with Crippen molar-refractivity contribution in [1.29, 1.82) is 0 Å². The number of methoxy groups -OCH3 is 1. The van der Waals surface area contributed by atoms with Crippen molar-refractivity contribution in [3.63, 3.8) is 0 Å². The zero-order valence-electron chi connectivity index (χ0n) is 11.7. The molecule has 1 radical (unpaired) electrons. The van der Waals surface area contributed by atoms with Crippen molar-refractivity contribution in [2.45, 2.75) is 13.8 Å². The Morgan fingerprint density at radius 1 is 1.21 bits per heavy atom. The molecule has 0 aliphatic heterocycles. The second-order valence-electron chi connectivity index (χ2n) is 4.37. The maximum atomic E-state index is 11.9. The average Bonchev–Trinajstić information content (AvgIpc) is 2.37. The van der Waals surface area contributed by atoms with Gasteiger partial charge in [-0.2, -0.15) is 12.1 Å². The van der Waals surface area contributed by atoms with Gasteiger partial charge in [0.25, 0.3) is 0 Å². The van der Waals surface area contributed by atoms with Gasteiger partial charge in [0.05, 0.1) is 7.11 Å². The zero-order valence-corrected chi connectivity index (χ0v) is 14.5. The Hall–Kier alpha value is -0.926. The summed E-state index contributed by atoms with van der Waals surface area (Å²) in [6.45, 7) is 3.79. The Morgan fingerprint density at radius 3 is 2.47 bits per heavy atom. The molecule has 4 heteroatoms. The van der Waals surface area contributed by atoms with E-state index >= 15 is 0 Å². The third-order valence-corrected chi connectivity index (χ3v) is 3.09. The van der Waals surface area contributed by atoms with Crippen molar-refractivity contribution in [2.24, 2.45) is 7.05 Å². The quantitative estimate of drug-likeness (QED) is 0.792. The fourth-order valence-electron chi connectivity index (χ4n) is 1.99. The molecular weight excluding hydrogens is 315 g/mol. The van der Waals surface area contributed by atoms with E-state index in [1.165, 1.54) is 0 Å². The van der Waals surface area contributed by atoms with Gasteiger partial charge in [0.15, 0.2) is 5.56 Å². The van der Waals surface area contributed by atoms with E-state index < -0.39 is 0 Å². The Morgan fingerprint density at radius 2 is 1.89 bits per heavy atom. The first-order valence-corrected chi connectivity index (χ1v) is 5.78. The minimum atomic E-state index is 0. The summed E-state index contributed by atoms with van der Waals surface area (Å²) in [6.07, 6.45) is 0. The molecule has 0 aliphatic rings. The molecule has 0 aliphatic carbocycles. The van der Waals surface area contributed by atoms with Crippen LogP contribution in [0, 0.1) is 19.9 Å². The molecule has 1 aromatic carbocycles. The number of pyridine rings is 1. The monoisotopic (exact) mass is 331 g/mol. The fraction of sp³-hybridized carbons (Fsp3) is 0.267. The molecule has 0 amide bonds. The number of hydrogen-bond acceptors (Lipinski definition) is 2. The van der Waals surface area contributed by atoms with Gasteiger partial charge in [-0.25, -0.2) is 0 Å². The maximum absolute atomic E-state index is 11.9. The summed E-state index contributed by atoms with van der Waals surface area (Å²) < 4.78 is 6.81. The van der Waals surface area contributed by atoms with Crippen molar-refractivity contribution >= 4 is 0 Å². The van der Waals surface area contributed by atoms with E-state index in [1.54, 1.807) is 31.7 Å². The molecule has 0 saturated heterocycles. The van der Waals surface area contributed by atoms with Crippen molar-refractivity contribution < 1.29 is 37.4 Å². The molecule has 1 aromatic heterocycles. The summed E-state index contributed by atoms with van der Waals surface area (Å²) in [4.78, 5) is 11.9. The van der Waals surface area contributed by atoms with Crippen LogP contribution in [0.4, 0.5) is 0 Å². The maximum Gasteiger partial charge on any atom is 0.197 e. The normalized spacial score (nSPS) is 9.89. The van der Waals surface area contributed by atoms with Crippen LogP contribution in [0.5, 0.6) is 5.75 Å². The predicted molar refractivity (Wildman–Crippen MR) is 72.0 cm³/mol. The molecule has 0 spiro atoms. The van der Waals surface area contributed by atoms with Gasteiger partial charge in [-0.05, 0) is 12.1 Å². The molecule has 0 fully saturated rings. The number of nitrogens with zero attached hydrogens (tertiary/aromatic N) is 1. The zero-order chi connectivity index (χ0) is 13.3. The van der Waals surface area contributed by atoms with Gasteiger partial charge >= 0.3 is 0 Å². The topological polar surface area (TPSA) is 31.2 Å². The third-order valence-electron chi connectivity index (χ3n) is 3.09. The second-order valence-corrected chi connectivity index (χ2v) is 4.37. The van der Waals surface area contributed by atoms with E-state index in [1.807, 2.05) is 25.1 Å². The molecule has 0 atom stereocenters. The van der Waals surface area contributed by atoms with E-state index in [9.17, 15) is 4.79 Å². The molecule has 19 heavy (non-hydrogen) atoms. The van der Waals surface area contributed by atoms with Crippen molar-refractivity contribution in [3.05, 3.63) is 51.8 Å². The number of benzene rings is 1. The molecule has 2 rings (SSSR count). The van der Waals surface area contributed by atoms with Crippen LogP contribution in [-0.4, -0.2) is 11.7 Å². The van der Waals surface area contributed by atoms with Gasteiger partial charge < -0.3 is 9.30 Å². The van der Waals surface area contributed by atoms with Crippen molar-refractivity contribution in [1.82, 2.24) is 4.57 Å². The van der Waals surface area contributed by atoms with Gasteiger partial charge in [0.1, 0.15) is 5.75 Å². The largest absolute Gasteiger partial charge is 0.497 e. The first-order valence-electron chi connectivity index (χ1n) is 5.78. The van der Waals surface area contributed by atoms with Crippen LogP contribution in [0.25, 0.3) is 11.3 Å². The van der Waals surface area contributed by atoms with E-state index in [2.05, 4.69) is 6.07 Å².